The quantitative estimate of drug-likeness (QED) is 0.846. The van der Waals surface area contributed by atoms with Crippen molar-refractivity contribution in [3.05, 3.63) is 28.2 Å². The highest BCUT2D eigenvalue weighted by Gasteiger charge is 2.07. The molecule has 0 saturated heterocycles. The Balaban J connectivity index is 2.56. The highest BCUT2D eigenvalue weighted by molar-refractivity contribution is 9.10. The smallest absolute Gasteiger partial charge is 0.0838 e. The van der Waals surface area contributed by atoms with Gasteiger partial charge in [-0.3, -0.25) is 0 Å². The summed E-state index contributed by atoms with van der Waals surface area (Å²) in [5, 5.41) is 13.1. The molecule has 3 nitrogen and oxygen atoms in total. The van der Waals surface area contributed by atoms with Crippen LogP contribution in [0.2, 0.25) is 0 Å². The number of hydrogen-bond donors (Lipinski definition) is 2. The Hall–Kier alpha value is -0.580. The van der Waals surface area contributed by atoms with Crippen molar-refractivity contribution in [3.63, 3.8) is 0 Å². The first-order valence-corrected chi connectivity index (χ1v) is 6.67. The van der Waals surface area contributed by atoms with E-state index < -0.39 is 0 Å². The van der Waals surface area contributed by atoms with Gasteiger partial charge >= 0.3 is 0 Å². The van der Waals surface area contributed by atoms with Crippen molar-refractivity contribution >= 4 is 21.6 Å². The highest BCUT2D eigenvalue weighted by Crippen LogP contribution is 2.21. The van der Waals surface area contributed by atoms with E-state index in [4.69, 9.17) is 0 Å². The Labute approximate surface area is 112 Å². The molecule has 4 heteroatoms. The molecule has 96 valence electrons. The molecule has 0 aliphatic rings. The summed E-state index contributed by atoms with van der Waals surface area (Å²) in [5.41, 5.74) is 2.37. The van der Waals surface area contributed by atoms with Crippen LogP contribution in [-0.4, -0.2) is 43.3 Å². The molecule has 0 fully saturated rings. The SMILES string of the molecule is CCc1cc(Br)ccc1NCC(O)CN(C)C. The molecule has 0 heterocycles. The number of nitrogens with one attached hydrogen (secondary N) is 1. The molecule has 0 amide bonds. The van der Waals surface area contributed by atoms with Crippen LogP contribution in [-0.2, 0) is 6.42 Å². The van der Waals surface area contributed by atoms with E-state index in [1.165, 1.54) is 5.56 Å². The summed E-state index contributed by atoms with van der Waals surface area (Å²) in [5.74, 6) is 0. The summed E-state index contributed by atoms with van der Waals surface area (Å²) in [6.45, 7) is 3.38. The number of aryl methyl sites for hydroxylation is 1. The number of benzene rings is 1. The van der Waals surface area contributed by atoms with Crippen LogP contribution in [0, 0.1) is 0 Å². The van der Waals surface area contributed by atoms with Crippen LogP contribution in [0.1, 0.15) is 12.5 Å². The second kappa shape index (κ2) is 6.99. The lowest BCUT2D eigenvalue weighted by atomic mass is 10.1. The van der Waals surface area contributed by atoms with E-state index in [0.717, 1.165) is 16.6 Å². The molecule has 17 heavy (non-hydrogen) atoms. The van der Waals surface area contributed by atoms with Crippen molar-refractivity contribution in [2.45, 2.75) is 19.4 Å². The molecule has 1 atom stereocenters. The first-order valence-electron chi connectivity index (χ1n) is 5.88. The second-order valence-corrected chi connectivity index (χ2v) is 5.37. The third-order valence-corrected chi connectivity index (χ3v) is 3.05. The summed E-state index contributed by atoms with van der Waals surface area (Å²) < 4.78 is 1.09. The summed E-state index contributed by atoms with van der Waals surface area (Å²) >= 11 is 3.47. The van der Waals surface area contributed by atoms with Crippen LogP contribution in [0.5, 0.6) is 0 Å². The maximum atomic E-state index is 9.79. The van der Waals surface area contributed by atoms with Crippen LogP contribution in [0.15, 0.2) is 22.7 Å². The van der Waals surface area contributed by atoms with Crippen molar-refractivity contribution in [1.29, 1.82) is 0 Å². The van der Waals surface area contributed by atoms with Crippen LogP contribution < -0.4 is 5.32 Å². The molecule has 1 rings (SSSR count). The van der Waals surface area contributed by atoms with Gasteiger partial charge in [0.1, 0.15) is 0 Å². The molecular formula is C13H21BrN2O. The zero-order chi connectivity index (χ0) is 12.8. The molecule has 0 aliphatic carbocycles. The number of halogens is 1. The summed E-state index contributed by atoms with van der Waals surface area (Å²) in [7, 11) is 3.92. The molecule has 0 spiro atoms. The van der Waals surface area contributed by atoms with Gasteiger partial charge in [-0.25, -0.2) is 0 Å². The van der Waals surface area contributed by atoms with Crippen molar-refractivity contribution < 1.29 is 5.11 Å². The largest absolute Gasteiger partial charge is 0.390 e. The molecular weight excluding hydrogens is 280 g/mol. The first kappa shape index (κ1) is 14.5. The minimum Gasteiger partial charge on any atom is -0.390 e. The van der Waals surface area contributed by atoms with E-state index in [1.54, 1.807) is 0 Å². The van der Waals surface area contributed by atoms with Gasteiger partial charge in [-0.2, -0.15) is 0 Å². The Bertz CT molecular complexity index is 355. The van der Waals surface area contributed by atoms with Gasteiger partial charge in [-0.1, -0.05) is 22.9 Å². The minimum absolute atomic E-state index is 0.349. The number of anilines is 1. The Morgan fingerprint density at radius 2 is 2.12 bits per heavy atom. The number of rotatable bonds is 6. The third kappa shape index (κ3) is 5.06. The maximum absolute atomic E-state index is 9.79. The minimum atomic E-state index is -0.349. The molecule has 1 aromatic rings. The lowest BCUT2D eigenvalue weighted by Crippen LogP contribution is -2.31. The predicted molar refractivity (Wildman–Crippen MR) is 76.6 cm³/mol. The van der Waals surface area contributed by atoms with Gasteiger partial charge in [0.15, 0.2) is 0 Å². The summed E-state index contributed by atoms with van der Waals surface area (Å²) in [6.07, 6.45) is 0.629. The van der Waals surface area contributed by atoms with Crippen molar-refractivity contribution in [2.24, 2.45) is 0 Å². The number of hydrogen-bond acceptors (Lipinski definition) is 3. The molecule has 0 aromatic heterocycles. The number of nitrogens with zero attached hydrogens (tertiary/aromatic N) is 1. The standard InChI is InChI=1S/C13H21BrN2O/c1-4-10-7-11(14)5-6-13(10)15-8-12(17)9-16(2)3/h5-7,12,15,17H,4,8-9H2,1-3H3. The van der Waals surface area contributed by atoms with Crippen LogP contribution >= 0.6 is 15.9 Å². The summed E-state index contributed by atoms with van der Waals surface area (Å²) in [6, 6.07) is 6.17. The Morgan fingerprint density at radius 1 is 1.41 bits per heavy atom. The first-order chi connectivity index (χ1) is 8.02. The topological polar surface area (TPSA) is 35.5 Å². The number of aliphatic hydroxyl groups is 1. The molecule has 1 aromatic carbocycles. The van der Waals surface area contributed by atoms with Crippen molar-refractivity contribution in [1.82, 2.24) is 4.90 Å². The molecule has 0 bridgehead atoms. The van der Waals surface area contributed by atoms with Gasteiger partial charge < -0.3 is 15.3 Å². The lowest BCUT2D eigenvalue weighted by Gasteiger charge is -2.18. The van der Waals surface area contributed by atoms with Gasteiger partial charge in [-0.05, 0) is 44.3 Å². The maximum Gasteiger partial charge on any atom is 0.0838 e. The van der Waals surface area contributed by atoms with E-state index in [2.05, 4.69) is 34.2 Å². The fourth-order valence-corrected chi connectivity index (χ4v) is 2.15. The van der Waals surface area contributed by atoms with Gasteiger partial charge in [0.05, 0.1) is 6.10 Å². The fraction of sp³-hybridized carbons (Fsp3) is 0.538. The van der Waals surface area contributed by atoms with Crippen molar-refractivity contribution in [3.8, 4) is 0 Å². The van der Waals surface area contributed by atoms with Crippen LogP contribution in [0.25, 0.3) is 0 Å². The molecule has 2 N–H and O–H groups in total. The normalized spacial score (nSPS) is 12.8. The molecule has 0 radical (unpaired) electrons. The van der Waals surface area contributed by atoms with Crippen LogP contribution in [0.3, 0.4) is 0 Å². The monoisotopic (exact) mass is 300 g/mol. The van der Waals surface area contributed by atoms with E-state index in [0.29, 0.717) is 13.1 Å². The average Bonchev–Trinajstić information content (AvgIpc) is 2.26. The average molecular weight is 301 g/mol. The molecule has 0 saturated carbocycles. The van der Waals surface area contributed by atoms with E-state index in [1.807, 2.05) is 31.1 Å². The number of likely N-dealkylation sites (N-methyl/N-ethyl adjacent to an activating group) is 1. The fourth-order valence-electron chi connectivity index (χ4n) is 1.74. The van der Waals surface area contributed by atoms with E-state index >= 15 is 0 Å². The zero-order valence-electron chi connectivity index (χ0n) is 10.7. The molecule has 1 unspecified atom stereocenters. The Morgan fingerprint density at radius 3 is 2.71 bits per heavy atom. The predicted octanol–water partition coefficient (Wildman–Crippen LogP) is 2.35. The van der Waals surface area contributed by atoms with Crippen molar-refractivity contribution in [2.75, 3.05) is 32.5 Å². The second-order valence-electron chi connectivity index (χ2n) is 4.45. The van der Waals surface area contributed by atoms with Gasteiger partial charge in [0.25, 0.3) is 0 Å². The van der Waals surface area contributed by atoms with E-state index in [9.17, 15) is 5.11 Å². The van der Waals surface area contributed by atoms with Gasteiger partial charge in [0.2, 0.25) is 0 Å². The lowest BCUT2D eigenvalue weighted by molar-refractivity contribution is 0.148. The number of aliphatic hydroxyl groups excluding tert-OH is 1. The highest BCUT2D eigenvalue weighted by atomic mass is 79.9. The molecule has 0 aliphatic heterocycles. The zero-order valence-corrected chi connectivity index (χ0v) is 12.3. The van der Waals surface area contributed by atoms with Gasteiger partial charge in [0, 0.05) is 23.2 Å². The Kier molecular flexibility index (Phi) is 5.95. The van der Waals surface area contributed by atoms with Gasteiger partial charge in [-0.15, -0.1) is 0 Å². The third-order valence-electron chi connectivity index (χ3n) is 2.55. The summed E-state index contributed by atoms with van der Waals surface area (Å²) in [4.78, 5) is 1.98. The van der Waals surface area contributed by atoms with Crippen LogP contribution in [0.4, 0.5) is 5.69 Å². The van der Waals surface area contributed by atoms with E-state index in [-0.39, 0.29) is 6.10 Å².